The van der Waals surface area contributed by atoms with Gasteiger partial charge in [-0.2, -0.15) is 0 Å². The predicted octanol–water partition coefficient (Wildman–Crippen LogP) is 6.71. The third-order valence-corrected chi connectivity index (χ3v) is 9.77. The number of aryl methyl sites for hydroxylation is 2. The zero-order valence-electron chi connectivity index (χ0n) is 25.9. The van der Waals surface area contributed by atoms with Gasteiger partial charge in [0.1, 0.15) is 12.6 Å². The Bertz CT molecular complexity index is 1700. The van der Waals surface area contributed by atoms with Gasteiger partial charge in [0.15, 0.2) is 0 Å². The molecule has 0 bridgehead atoms. The van der Waals surface area contributed by atoms with E-state index in [0.29, 0.717) is 28.4 Å². The minimum atomic E-state index is -4.16. The maximum atomic E-state index is 14.6. The highest BCUT2D eigenvalue weighted by Gasteiger charge is 2.35. The highest BCUT2D eigenvalue weighted by molar-refractivity contribution is 7.92. The van der Waals surface area contributed by atoms with Gasteiger partial charge in [-0.25, -0.2) is 8.42 Å². The molecule has 4 aromatic rings. The van der Waals surface area contributed by atoms with Gasteiger partial charge in [0.05, 0.1) is 10.6 Å². The van der Waals surface area contributed by atoms with Crippen LogP contribution in [0, 0.1) is 13.8 Å². The third kappa shape index (κ3) is 8.74. The maximum absolute atomic E-state index is 14.6. The normalized spacial score (nSPS) is 11.9. The first kappa shape index (κ1) is 33.7. The second-order valence-corrected chi connectivity index (χ2v) is 13.3. The molecule has 7 nitrogen and oxygen atoms in total. The van der Waals surface area contributed by atoms with Crippen LogP contribution in [0.15, 0.2) is 108 Å². The summed E-state index contributed by atoms with van der Waals surface area (Å²) < 4.78 is 29.5. The number of nitrogens with zero attached hydrogens (tertiary/aromatic N) is 2. The molecule has 1 N–H and O–H groups in total. The lowest BCUT2D eigenvalue weighted by molar-refractivity contribution is -0.140. The number of unbranched alkanes of at least 4 members (excludes halogenated alkanes) is 1. The first-order chi connectivity index (χ1) is 21.6. The maximum Gasteiger partial charge on any atom is 0.264 e. The van der Waals surface area contributed by atoms with Crippen LogP contribution < -0.4 is 9.62 Å². The lowest BCUT2D eigenvalue weighted by atomic mass is 10.0. The Balaban J connectivity index is 1.81. The fourth-order valence-corrected chi connectivity index (χ4v) is 6.88. The van der Waals surface area contributed by atoms with Gasteiger partial charge in [-0.15, -0.1) is 0 Å². The number of carbonyl (C=O) groups excluding carboxylic acids is 2. The standard InChI is InChI=1S/C36H40ClN3O4S/c1-4-5-22-38-36(42)34(24-29-14-8-6-9-15-29)39(25-30-16-12-13-19-32(30)37)35(41)26-40(33-21-20-27(2)23-28(33)3)45(43,44)31-17-10-7-11-18-31/h6-21,23,34H,4-5,22,24-26H2,1-3H3,(H,38,42)/t34-/m1/s1. The van der Waals surface area contributed by atoms with Gasteiger partial charge in [-0.05, 0) is 61.2 Å². The summed E-state index contributed by atoms with van der Waals surface area (Å²) in [6.45, 7) is 5.75. The summed E-state index contributed by atoms with van der Waals surface area (Å²) >= 11 is 6.56. The molecule has 0 heterocycles. The van der Waals surface area contributed by atoms with Crippen molar-refractivity contribution >= 4 is 39.1 Å². The molecule has 0 aliphatic carbocycles. The van der Waals surface area contributed by atoms with Crippen molar-refractivity contribution in [1.29, 1.82) is 0 Å². The number of halogens is 1. The Kier molecular flexibility index (Phi) is 11.8. The van der Waals surface area contributed by atoms with Crippen LogP contribution >= 0.6 is 11.6 Å². The quantitative estimate of drug-likeness (QED) is 0.155. The summed E-state index contributed by atoms with van der Waals surface area (Å²) in [7, 11) is -4.16. The van der Waals surface area contributed by atoms with Gasteiger partial charge < -0.3 is 10.2 Å². The van der Waals surface area contributed by atoms with E-state index >= 15 is 0 Å². The molecule has 4 aromatic carbocycles. The molecule has 0 aliphatic rings. The molecule has 0 spiro atoms. The number of benzene rings is 4. The van der Waals surface area contributed by atoms with Gasteiger partial charge in [0.2, 0.25) is 11.8 Å². The number of hydrogen-bond acceptors (Lipinski definition) is 4. The molecule has 0 unspecified atom stereocenters. The number of nitrogens with one attached hydrogen (secondary N) is 1. The minimum absolute atomic E-state index is 0.0172. The SMILES string of the molecule is CCCCNC(=O)[C@@H](Cc1ccccc1)N(Cc1ccccc1Cl)C(=O)CN(c1ccc(C)cc1C)S(=O)(=O)c1ccccc1. The van der Waals surface area contributed by atoms with Gasteiger partial charge in [-0.1, -0.05) is 109 Å². The number of hydrogen-bond donors (Lipinski definition) is 1. The van der Waals surface area contributed by atoms with Gasteiger partial charge in [0, 0.05) is 24.5 Å². The number of carbonyl (C=O) groups is 2. The van der Waals surface area contributed by atoms with E-state index in [1.807, 2.05) is 69.3 Å². The Morgan fingerprint density at radius 3 is 2.16 bits per heavy atom. The predicted molar refractivity (Wildman–Crippen MR) is 181 cm³/mol. The van der Waals surface area contributed by atoms with E-state index < -0.39 is 28.5 Å². The third-order valence-electron chi connectivity index (χ3n) is 7.63. The minimum Gasteiger partial charge on any atom is -0.354 e. The van der Waals surface area contributed by atoms with E-state index in [4.69, 9.17) is 11.6 Å². The Morgan fingerprint density at radius 2 is 1.51 bits per heavy atom. The van der Waals surface area contributed by atoms with Crippen LogP contribution in [0.1, 0.15) is 42.0 Å². The molecule has 2 amide bonds. The van der Waals surface area contributed by atoms with E-state index in [1.54, 1.807) is 42.5 Å². The van der Waals surface area contributed by atoms with Crippen molar-refractivity contribution in [3.8, 4) is 0 Å². The van der Waals surface area contributed by atoms with Crippen LogP contribution in [0.3, 0.4) is 0 Å². The van der Waals surface area contributed by atoms with E-state index in [1.165, 1.54) is 17.0 Å². The molecule has 0 aliphatic heterocycles. The summed E-state index contributed by atoms with van der Waals surface area (Å²) in [6.07, 6.45) is 1.93. The fourth-order valence-electron chi connectivity index (χ4n) is 5.19. The van der Waals surface area contributed by atoms with E-state index in [9.17, 15) is 18.0 Å². The molecule has 0 fully saturated rings. The van der Waals surface area contributed by atoms with E-state index in [-0.39, 0.29) is 23.8 Å². The Labute approximate surface area is 271 Å². The summed E-state index contributed by atoms with van der Waals surface area (Å²) in [5.41, 5.74) is 3.58. The average Bonchev–Trinajstić information content (AvgIpc) is 3.03. The van der Waals surface area contributed by atoms with Crippen LogP contribution in [0.2, 0.25) is 5.02 Å². The number of sulfonamides is 1. The number of amides is 2. The molecule has 4 rings (SSSR count). The summed E-state index contributed by atoms with van der Waals surface area (Å²) in [5.74, 6) is -0.835. The van der Waals surface area contributed by atoms with E-state index in [2.05, 4.69) is 5.32 Å². The van der Waals surface area contributed by atoms with Gasteiger partial charge in [-0.3, -0.25) is 13.9 Å². The summed E-state index contributed by atoms with van der Waals surface area (Å²) in [4.78, 5) is 29.9. The van der Waals surface area contributed by atoms with Crippen molar-refractivity contribution < 1.29 is 18.0 Å². The van der Waals surface area contributed by atoms with Crippen LogP contribution in [0.25, 0.3) is 0 Å². The zero-order chi connectivity index (χ0) is 32.4. The van der Waals surface area contributed by atoms with Crippen molar-refractivity contribution in [2.24, 2.45) is 0 Å². The first-order valence-electron chi connectivity index (χ1n) is 15.1. The lowest BCUT2D eigenvalue weighted by Gasteiger charge is -2.34. The Morgan fingerprint density at radius 1 is 0.867 bits per heavy atom. The van der Waals surface area contributed by atoms with Crippen molar-refractivity contribution in [3.05, 3.63) is 130 Å². The summed E-state index contributed by atoms with van der Waals surface area (Å²) in [5, 5.41) is 3.45. The monoisotopic (exact) mass is 645 g/mol. The molecular formula is C36H40ClN3O4S. The zero-order valence-corrected chi connectivity index (χ0v) is 27.5. The molecule has 45 heavy (non-hydrogen) atoms. The second-order valence-electron chi connectivity index (χ2n) is 11.1. The van der Waals surface area contributed by atoms with Crippen molar-refractivity contribution in [2.75, 3.05) is 17.4 Å². The largest absolute Gasteiger partial charge is 0.354 e. The van der Waals surface area contributed by atoms with Crippen LogP contribution in [0.5, 0.6) is 0 Å². The molecule has 0 aromatic heterocycles. The van der Waals surface area contributed by atoms with Crippen LogP contribution in [-0.4, -0.2) is 44.3 Å². The molecular weight excluding hydrogens is 606 g/mol. The number of anilines is 1. The summed E-state index contributed by atoms with van der Waals surface area (Å²) in [6, 6.07) is 29.2. The highest BCUT2D eigenvalue weighted by Crippen LogP contribution is 2.29. The molecule has 1 atom stereocenters. The van der Waals surface area contributed by atoms with Crippen molar-refractivity contribution in [2.45, 2.75) is 57.5 Å². The van der Waals surface area contributed by atoms with Crippen LogP contribution in [-0.2, 0) is 32.6 Å². The molecule has 236 valence electrons. The van der Waals surface area contributed by atoms with Gasteiger partial charge in [0.25, 0.3) is 10.0 Å². The molecule has 9 heteroatoms. The first-order valence-corrected chi connectivity index (χ1v) is 16.9. The van der Waals surface area contributed by atoms with Crippen molar-refractivity contribution in [3.63, 3.8) is 0 Å². The highest BCUT2D eigenvalue weighted by atomic mass is 35.5. The average molecular weight is 646 g/mol. The van der Waals surface area contributed by atoms with E-state index in [0.717, 1.165) is 28.3 Å². The Hall–Kier alpha value is -4.14. The molecule has 0 saturated carbocycles. The lowest BCUT2D eigenvalue weighted by Crippen LogP contribution is -2.53. The van der Waals surface area contributed by atoms with Crippen molar-refractivity contribution in [1.82, 2.24) is 10.2 Å². The molecule has 0 radical (unpaired) electrons. The van der Waals surface area contributed by atoms with Gasteiger partial charge >= 0.3 is 0 Å². The second kappa shape index (κ2) is 15.7. The fraction of sp³-hybridized carbons (Fsp3) is 0.278. The molecule has 0 saturated heterocycles. The smallest absolute Gasteiger partial charge is 0.264 e. The number of rotatable bonds is 14. The topological polar surface area (TPSA) is 86.8 Å². The van der Waals surface area contributed by atoms with Crippen LogP contribution in [0.4, 0.5) is 5.69 Å².